The minimum Gasteiger partial charge on any atom is -0.336 e. The molecule has 0 saturated heterocycles. The quantitative estimate of drug-likeness (QED) is 0.700. The van der Waals surface area contributed by atoms with E-state index in [1.54, 1.807) is 23.1 Å². The molecule has 0 aliphatic heterocycles. The van der Waals surface area contributed by atoms with Gasteiger partial charge < -0.3 is 4.98 Å². The molecule has 3 aromatic rings. The van der Waals surface area contributed by atoms with Crippen LogP contribution in [0.1, 0.15) is 0 Å². The predicted octanol–water partition coefficient (Wildman–Crippen LogP) is 2.01. The topological polar surface area (TPSA) is 59.4 Å². The summed E-state index contributed by atoms with van der Waals surface area (Å²) in [4.78, 5) is 11.6. The van der Waals surface area contributed by atoms with Crippen molar-refractivity contribution >= 4 is 22.8 Å². The number of hydrogen-bond acceptors (Lipinski definition) is 3. The number of nitrogens with one attached hydrogen (secondary N) is 1. The van der Waals surface area contributed by atoms with Crippen molar-refractivity contribution < 1.29 is 0 Å². The predicted molar refractivity (Wildman–Crippen MR) is 61.1 cm³/mol. The van der Waals surface area contributed by atoms with Crippen LogP contribution in [0.4, 0.5) is 0 Å². The number of halogens is 1. The summed E-state index contributed by atoms with van der Waals surface area (Å²) in [7, 11) is 1.86. The summed E-state index contributed by atoms with van der Waals surface area (Å²) in [6, 6.07) is 1.80. The fourth-order valence-electron chi connectivity index (χ4n) is 1.55. The van der Waals surface area contributed by atoms with Crippen molar-refractivity contribution in [2.45, 2.75) is 0 Å². The van der Waals surface area contributed by atoms with Gasteiger partial charge in [-0.1, -0.05) is 11.6 Å². The van der Waals surface area contributed by atoms with Crippen molar-refractivity contribution in [1.82, 2.24) is 24.7 Å². The second-order valence-electron chi connectivity index (χ2n) is 3.51. The van der Waals surface area contributed by atoms with Crippen molar-refractivity contribution in [2.24, 2.45) is 7.05 Å². The molecule has 0 fully saturated rings. The van der Waals surface area contributed by atoms with Crippen LogP contribution in [0.25, 0.3) is 22.6 Å². The van der Waals surface area contributed by atoms with Crippen LogP contribution < -0.4 is 0 Å². The highest BCUT2D eigenvalue weighted by Crippen LogP contribution is 2.20. The molecule has 0 aromatic carbocycles. The van der Waals surface area contributed by atoms with Gasteiger partial charge in [-0.05, 0) is 6.07 Å². The number of aromatic amines is 1. The molecule has 0 aliphatic rings. The van der Waals surface area contributed by atoms with Gasteiger partial charge in [0, 0.05) is 19.4 Å². The maximum atomic E-state index is 5.85. The number of H-pyrrole nitrogens is 1. The van der Waals surface area contributed by atoms with Crippen molar-refractivity contribution in [1.29, 1.82) is 0 Å². The van der Waals surface area contributed by atoms with Gasteiger partial charge in [0.15, 0.2) is 5.65 Å². The van der Waals surface area contributed by atoms with E-state index in [4.69, 9.17) is 11.6 Å². The lowest BCUT2D eigenvalue weighted by Gasteiger charge is -1.87. The van der Waals surface area contributed by atoms with Gasteiger partial charge in [-0.3, -0.25) is 4.68 Å². The van der Waals surface area contributed by atoms with E-state index in [0.717, 1.165) is 16.9 Å². The van der Waals surface area contributed by atoms with Crippen LogP contribution in [0.5, 0.6) is 0 Å². The van der Waals surface area contributed by atoms with Crippen LogP contribution in [-0.4, -0.2) is 24.7 Å². The van der Waals surface area contributed by atoms with E-state index < -0.39 is 0 Å². The second kappa shape index (κ2) is 3.31. The average molecular weight is 234 g/mol. The molecule has 0 spiro atoms. The number of imidazole rings is 1. The van der Waals surface area contributed by atoms with Gasteiger partial charge in [-0.15, -0.1) is 0 Å². The van der Waals surface area contributed by atoms with Crippen LogP contribution in [0.15, 0.2) is 24.7 Å². The molecule has 0 saturated carbocycles. The zero-order valence-electron chi connectivity index (χ0n) is 8.48. The summed E-state index contributed by atoms with van der Waals surface area (Å²) >= 11 is 5.85. The molecule has 16 heavy (non-hydrogen) atoms. The lowest BCUT2D eigenvalue weighted by molar-refractivity contribution is 0.768. The molecule has 0 bridgehead atoms. The summed E-state index contributed by atoms with van der Waals surface area (Å²) in [5, 5.41) is 4.68. The Morgan fingerprint density at radius 3 is 3.00 bits per heavy atom. The number of fused-ring (bicyclic) bond motifs is 1. The molecular formula is C10H8ClN5. The Morgan fingerprint density at radius 1 is 1.38 bits per heavy atom. The van der Waals surface area contributed by atoms with Gasteiger partial charge in [-0.2, -0.15) is 5.10 Å². The van der Waals surface area contributed by atoms with Gasteiger partial charge in [0.1, 0.15) is 5.82 Å². The van der Waals surface area contributed by atoms with Crippen molar-refractivity contribution in [3.05, 3.63) is 29.7 Å². The van der Waals surface area contributed by atoms with Crippen LogP contribution in [0, 0.1) is 0 Å². The van der Waals surface area contributed by atoms with E-state index in [1.807, 2.05) is 13.2 Å². The van der Waals surface area contributed by atoms with E-state index >= 15 is 0 Å². The first-order chi connectivity index (χ1) is 7.72. The standard InChI is InChI=1S/C10H8ClN5/c1-16-5-6(3-13-16)9-14-8-2-7(11)4-12-10(8)15-9/h2-5H,1H3,(H,12,14,15). The van der Waals surface area contributed by atoms with Crippen LogP contribution >= 0.6 is 11.6 Å². The van der Waals surface area contributed by atoms with Crippen LogP contribution in [-0.2, 0) is 7.05 Å². The smallest absolute Gasteiger partial charge is 0.178 e. The molecule has 3 heterocycles. The van der Waals surface area contributed by atoms with Crippen LogP contribution in [0.2, 0.25) is 5.02 Å². The number of aromatic nitrogens is 5. The molecule has 6 heteroatoms. The fourth-order valence-corrected chi connectivity index (χ4v) is 1.71. The fraction of sp³-hybridized carbons (Fsp3) is 0.100. The van der Waals surface area contributed by atoms with E-state index in [-0.39, 0.29) is 0 Å². The molecule has 0 aliphatic carbocycles. The molecule has 0 amide bonds. The third-order valence-electron chi connectivity index (χ3n) is 2.28. The molecule has 0 unspecified atom stereocenters. The summed E-state index contributed by atoms with van der Waals surface area (Å²) in [5.41, 5.74) is 2.41. The highest BCUT2D eigenvalue weighted by atomic mass is 35.5. The lowest BCUT2D eigenvalue weighted by Crippen LogP contribution is -1.84. The number of nitrogens with zero attached hydrogens (tertiary/aromatic N) is 4. The summed E-state index contributed by atoms with van der Waals surface area (Å²) < 4.78 is 1.73. The van der Waals surface area contributed by atoms with Gasteiger partial charge in [0.05, 0.1) is 22.3 Å². The molecular weight excluding hydrogens is 226 g/mol. The minimum absolute atomic E-state index is 0.592. The van der Waals surface area contributed by atoms with Gasteiger partial charge in [0.25, 0.3) is 0 Å². The van der Waals surface area contributed by atoms with Gasteiger partial charge >= 0.3 is 0 Å². The maximum Gasteiger partial charge on any atom is 0.178 e. The molecule has 1 N–H and O–H groups in total. The van der Waals surface area contributed by atoms with E-state index in [9.17, 15) is 0 Å². The molecule has 80 valence electrons. The first kappa shape index (κ1) is 9.35. The third-order valence-corrected chi connectivity index (χ3v) is 2.49. The lowest BCUT2D eigenvalue weighted by atomic mass is 10.3. The summed E-state index contributed by atoms with van der Waals surface area (Å²) in [6.07, 6.45) is 5.22. The molecule has 0 radical (unpaired) electrons. The highest BCUT2D eigenvalue weighted by molar-refractivity contribution is 6.31. The van der Waals surface area contributed by atoms with Crippen molar-refractivity contribution in [3.8, 4) is 11.4 Å². The molecule has 3 rings (SSSR count). The second-order valence-corrected chi connectivity index (χ2v) is 3.95. The zero-order chi connectivity index (χ0) is 11.1. The normalized spacial score (nSPS) is 11.1. The van der Waals surface area contributed by atoms with E-state index in [0.29, 0.717) is 10.7 Å². The average Bonchev–Trinajstić information content (AvgIpc) is 2.83. The Labute approximate surface area is 96.1 Å². The van der Waals surface area contributed by atoms with Gasteiger partial charge in [0.2, 0.25) is 0 Å². The zero-order valence-corrected chi connectivity index (χ0v) is 9.23. The first-order valence-corrected chi connectivity index (χ1v) is 5.10. The van der Waals surface area contributed by atoms with Gasteiger partial charge in [-0.25, -0.2) is 9.97 Å². The first-order valence-electron chi connectivity index (χ1n) is 4.72. The number of pyridine rings is 1. The van der Waals surface area contributed by atoms with Crippen molar-refractivity contribution in [3.63, 3.8) is 0 Å². The SMILES string of the molecule is Cn1cc(-c2nc3ncc(Cl)cc3[nH]2)cn1. The Bertz CT molecular complexity index is 654. The van der Waals surface area contributed by atoms with E-state index in [1.165, 1.54) is 0 Å². The Balaban J connectivity index is 2.18. The third kappa shape index (κ3) is 1.45. The molecule has 0 atom stereocenters. The number of hydrogen-bond donors (Lipinski definition) is 1. The van der Waals surface area contributed by atoms with E-state index in [2.05, 4.69) is 20.1 Å². The van der Waals surface area contributed by atoms with Crippen molar-refractivity contribution in [2.75, 3.05) is 0 Å². The maximum absolute atomic E-state index is 5.85. The van der Waals surface area contributed by atoms with Crippen LogP contribution in [0.3, 0.4) is 0 Å². The summed E-state index contributed by atoms with van der Waals surface area (Å²) in [5.74, 6) is 0.748. The Kier molecular flexibility index (Phi) is 1.94. The molecule has 3 aromatic heterocycles. The Hall–Kier alpha value is -1.88. The summed E-state index contributed by atoms with van der Waals surface area (Å²) in [6.45, 7) is 0. The number of rotatable bonds is 1. The largest absolute Gasteiger partial charge is 0.336 e. The number of aryl methyl sites for hydroxylation is 1. The monoisotopic (exact) mass is 233 g/mol. The minimum atomic E-state index is 0.592. The Morgan fingerprint density at radius 2 is 2.25 bits per heavy atom. The molecule has 5 nitrogen and oxygen atoms in total. The highest BCUT2D eigenvalue weighted by Gasteiger charge is 2.07.